The highest BCUT2D eigenvalue weighted by molar-refractivity contribution is 5.37. The molecule has 0 bridgehead atoms. The highest BCUT2D eigenvalue weighted by Gasteiger charge is 2.15. The number of anilines is 1. The first-order valence-corrected chi connectivity index (χ1v) is 6.51. The van der Waals surface area contributed by atoms with Gasteiger partial charge in [0.1, 0.15) is 0 Å². The van der Waals surface area contributed by atoms with Crippen LogP contribution < -0.4 is 10.6 Å². The van der Waals surface area contributed by atoms with Crippen molar-refractivity contribution in [1.82, 2.24) is 9.97 Å². The summed E-state index contributed by atoms with van der Waals surface area (Å²) in [5.74, 6) is 0.903. The quantitative estimate of drug-likeness (QED) is 0.863. The molecule has 4 heteroatoms. The molecule has 4 nitrogen and oxygen atoms in total. The molecule has 0 amide bonds. The molecule has 0 spiro atoms. The van der Waals surface area contributed by atoms with E-state index in [1.165, 1.54) is 24.8 Å². The number of hydrogen-bond acceptors (Lipinski definition) is 4. The fourth-order valence-electron chi connectivity index (χ4n) is 2.46. The van der Waals surface area contributed by atoms with Crippen LogP contribution in [0.3, 0.4) is 0 Å². The fourth-order valence-corrected chi connectivity index (χ4v) is 2.46. The Bertz CT molecular complexity index is 360. The van der Waals surface area contributed by atoms with Crippen molar-refractivity contribution < 1.29 is 0 Å². The van der Waals surface area contributed by atoms with Crippen LogP contribution in [0.1, 0.15) is 36.2 Å². The van der Waals surface area contributed by atoms with Gasteiger partial charge in [-0.3, -0.25) is 0 Å². The van der Waals surface area contributed by atoms with Gasteiger partial charge in [0.25, 0.3) is 0 Å². The molecule has 2 N–H and O–H groups in total. The maximum absolute atomic E-state index is 5.61. The van der Waals surface area contributed by atoms with Crippen molar-refractivity contribution in [2.45, 2.75) is 39.5 Å². The van der Waals surface area contributed by atoms with Crippen LogP contribution in [-0.4, -0.2) is 29.6 Å². The molecule has 2 heterocycles. The molecule has 1 aliphatic rings. The van der Waals surface area contributed by atoms with E-state index in [4.69, 9.17) is 5.73 Å². The molecule has 0 unspecified atom stereocenters. The monoisotopic (exact) mass is 234 g/mol. The van der Waals surface area contributed by atoms with Crippen molar-refractivity contribution in [2.75, 3.05) is 24.5 Å². The van der Waals surface area contributed by atoms with Gasteiger partial charge in [0.2, 0.25) is 5.95 Å². The van der Waals surface area contributed by atoms with Crippen LogP contribution in [0.15, 0.2) is 0 Å². The molecule has 2 rings (SSSR count). The second-order valence-corrected chi connectivity index (χ2v) is 4.76. The summed E-state index contributed by atoms with van der Waals surface area (Å²) < 4.78 is 0. The highest BCUT2D eigenvalue weighted by Crippen LogP contribution is 2.19. The minimum Gasteiger partial charge on any atom is -0.341 e. The van der Waals surface area contributed by atoms with Gasteiger partial charge in [0.15, 0.2) is 0 Å². The zero-order valence-corrected chi connectivity index (χ0v) is 10.9. The molecule has 1 aliphatic heterocycles. The first-order chi connectivity index (χ1) is 8.22. The van der Waals surface area contributed by atoms with Crippen molar-refractivity contribution in [1.29, 1.82) is 0 Å². The summed E-state index contributed by atoms with van der Waals surface area (Å²) in [6.07, 6.45) is 4.72. The molecule has 0 saturated carbocycles. The summed E-state index contributed by atoms with van der Waals surface area (Å²) in [5.41, 5.74) is 9.00. The molecular formula is C13H22N4. The van der Waals surface area contributed by atoms with E-state index in [0.717, 1.165) is 36.8 Å². The highest BCUT2D eigenvalue weighted by atomic mass is 15.3. The predicted molar refractivity (Wildman–Crippen MR) is 70.3 cm³/mol. The van der Waals surface area contributed by atoms with Crippen LogP contribution in [0.4, 0.5) is 5.95 Å². The first-order valence-electron chi connectivity index (χ1n) is 6.51. The molecule has 0 aliphatic carbocycles. The van der Waals surface area contributed by atoms with E-state index in [1.807, 2.05) is 0 Å². The number of aryl methyl sites for hydroxylation is 2. The number of nitrogens with zero attached hydrogens (tertiary/aromatic N) is 3. The number of hydrogen-bond donors (Lipinski definition) is 1. The summed E-state index contributed by atoms with van der Waals surface area (Å²) in [5, 5.41) is 0. The Kier molecular flexibility index (Phi) is 3.94. The summed E-state index contributed by atoms with van der Waals surface area (Å²) in [6, 6.07) is 0. The van der Waals surface area contributed by atoms with Crippen molar-refractivity contribution in [2.24, 2.45) is 5.73 Å². The lowest BCUT2D eigenvalue weighted by molar-refractivity contribution is 0.566. The summed E-state index contributed by atoms with van der Waals surface area (Å²) in [7, 11) is 0. The average Bonchev–Trinajstić information content (AvgIpc) is 2.35. The van der Waals surface area contributed by atoms with Crippen LogP contribution in [-0.2, 0) is 6.42 Å². The van der Waals surface area contributed by atoms with E-state index in [1.54, 1.807) is 0 Å². The van der Waals surface area contributed by atoms with Crippen LogP contribution in [0, 0.1) is 13.8 Å². The lowest BCUT2D eigenvalue weighted by atomic mass is 10.1. The Balaban J connectivity index is 2.24. The molecule has 1 fully saturated rings. The summed E-state index contributed by atoms with van der Waals surface area (Å²) in [6.45, 7) is 6.97. The Hall–Kier alpha value is -1.16. The summed E-state index contributed by atoms with van der Waals surface area (Å²) in [4.78, 5) is 11.6. The Labute approximate surface area is 103 Å². The second kappa shape index (κ2) is 5.45. The van der Waals surface area contributed by atoms with Gasteiger partial charge >= 0.3 is 0 Å². The van der Waals surface area contributed by atoms with E-state index >= 15 is 0 Å². The lowest BCUT2D eigenvalue weighted by Crippen LogP contribution is -2.31. The standard InChI is InChI=1S/C13H22N4/c1-10-12(6-7-14)11(2)16-13(15-10)17-8-4-3-5-9-17/h3-9,14H2,1-2H3. The van der Waals surface area contributed by atoms with E-state index < -0.39 is 0 Å². The lowest BCUT2D eigenvalue weighted by Gasteiger charge is -2.27. The fraction of sp³-hybridized carbons (Fsp3) is 0.692. The van der Waals surface area contributed by atoms with Crippen molar-refractivity contribution in [3.8, 4) is 0 Å². The Morgan fingerprint density at radius 1 is 1.06 bits per heavy atom. The maximum Gasteiger partial charge on any atom is 0.225 e. The molecule has 0 radical (unpaired) electrons. The van der Waals surface area contributed by atoms with Gasteiger partial charge in [0.05, 0.1) is 0 Å². The van der Waals surface area contributed by atoms with Gasteiger partial charge in [-0.05, 0) is 51.6 Å². The van der Waals surface area contributed by atoms with E-state index in [9.17, 15) is 0 Å². The predicted octanol–water partition coefficient (Wildman–Crippen LogP) is 1.58. The molecule has 1 aromatic rings. The Morgan fingerprint density at radius 2 is 1.65 bits per heavy atom. The van der Waals surface area contributed by atoms with E-state index in [0.29, 0.717) is 6.54 Å². The summed E-state index contributed by atoms with van der Waals surface area (Å²) >= 11 is 0. The molecule has 17 heavy (non-hydrogen) atoms. The zero-order chi connectivity index (χ0) is 12.3. The van der Waals surface area contributed by atoms with Crippen LogP contribution in [0.5, 0.6) is 0 Å². The molecule has 1 saturated heterocycles. The maximum atomic E-state index is 5.61. The zero-order valence-electron chi connectivity index (χ0n) is 10.9. The van der Waals surface area contributed by atoms with Gasteiger partial charge < -0.3 is 10.6 Å². The topological polar surface area (TPSA) is 55.0 Å². The SMILES string of the molecule is Cc1nc(N2CCCCC2)nc(C)c1CCN. The number of aromatic nitrogens is 2. The van der Waals surface area contributed by atoms with Gasteiger partial charge in [-0.25, -0.2) is 9.97 Å². The largest absolute Gasteiger partial charge is 0.341 e. The Morgan fingerprint density at radius 3 is 2.18 bits per heavy atom. The normalized spacial score (nSPS) is 16.3. The van der Waals surface area contributed by atoms with Gasteiger partial charge in [-0.2, -0.15) is 0 Å². The van der Waals surface area contributed by atoms with E-state index in [2.05, 4.69) is 28.7 Å². The smallest absolute Gasteiger partial charge is 0.225 e. The number of rotatable bonds is 3. The minimum absolute atomic E-state index is 0.661. The van der Waals surface area contributed by atoms with Gasteiger partial charge in [-0.1, -0.05) is 0 Å². The third-order valence-corrected chi connectivity index (χ3v) is 3.44. The number of nitrogens with two attached hydrogens (primary N) is 1. The second-order valence-electron chi connectivity index (χ2n) is 4.76. The minimum atomic E-state index is 0.661. The van der Waals surface area contributed by atoms with E-state index in [-0.39, 0.29) is 0 Å². The molecule has 0 aromatic carbocycles. The van der Waals surface area contributed by atoms with Crippen molar-refractivity contribution in [3.05, 3.63) is 17.0 Å². The van der Waals surface area contributed by atoms with Crippen molar-refractivity contribution >= 4 is 5.95 Å². The first kappa shape index (κ1) is 12.3. The van der Waals surface area contributed by atoms with Gasteiger partial charge in [-0.15, -0.1) is 0 Å². The number of piperidine rings is 1. The molecular weight excluding hydrogens is 212 g/mol. The van der Waals surface area contributed by atoms with Crippen LogP contribution >= 0.6 is 0 Å². The molecule has 0 atom stereocenters. The average molecular weight is 234 g/mol. The van der Waals surface area contributed by atoms with Crippen molar-refractivity contribution in [3.63, 3.8) is 0 Å². The molecule has 1 aromatic heterocycles. The van der Waals surface area contributed by atoms with Crippen LogP contribution in [0.2, 0.25) is 0 Å². The van der Waals surface area contributed by atoms with Crippen LogP contribution in [0.25, 0.3) is 0 Å². The third kappa shape index (κ3) is 2.75. The van der Waals surface area contributed by atoms with Gasteiger partial charge in [0, 0.05) is 24.5 Å². The third-order valence-electron chi connectivity index (χ3n) is 3.44. The molecule has 94 valence electrons.